The zero-order chi connectivity index (χ0) is 20.1. The molecule has 1 N–H and O–H groups in total. The molecule has 150 valence electrons. The maximum Gasteiger partial charge on any atom is 0.244 e. The van der Waals surface area contributed by atoms with Crippen molar-refractivity contribution in [2.24, 2.45) is 0 Å². The van der Waals surface area contributed by atoms with E-state index in [1.54, 1.807) is 19.4 Å². The number of methoxy groups -OCH3 is 1. The predicted molar refractivity (Wildman–Crippen MR) is 106 cm³/mol. The second kappa shape index (κ2) is 8.68. The minimum atomic E-state index is -3.55. The molecule has 8 nitrogen and oxygen atoms in total. The summed E-state index contributed by atoms with van der Waals surface area (Å²) in [5.41, 5.74) is 1.65. The van der Waals surface area contributed by atoms with Crippen LogP contribution in [0.15, 0.2) is 47.6 Å². The quantitative estimate of drug-likeness (QED) is 0.781. The second-order valence-electron chi connectivity index (χ2n) is 6.62. The van der Waals surface area contributed by atoms with E-state index in [-0.39, 0.29) is 17.3 Å². The molecule has 0 saturated carbocycles. The number of pyridine rings is 1. The fourth-order valence-electron chi connectivity index (χ4n) is 3.09. The summed E-state index contributed by atoms with van der Waals surface area (Å²) in [7, 11) is -1.99. The van der Waals surface area contributed by atoms with Crippen LogP contribution in [0.4, 0.5) is 5.69 Å². The van der Waals surface area contributed by atoms with Gasteiger partial charge in [0.1, 0.15) is 10.6 Å². The van der Waals surface area contributed by atoms with E-state index in [0.29, 0.717) is 37.6 Å². The van der Waals surface area contributed by atoms with Crippen LogP contribution in [0.5, 0.6) is 5.75 Å². The van der Waals surface area contributed by atoms with Crippen LogP contribution >= 0.6 is 0 Å². The number of rotatable bonds is 6. The van der Waals surface area contributed by atoms with Crippen LogP contribution in [0.1, 0.15) is 5.56 Å². The van der Waals surface area contributed by atoms with Crippen molar-refractivity contribution in [3.05, 3.63) is 48.3 Å². The molecular weight excluding hydrogens is 380 g/mol. The first-order valence-electron chi connectivity index (χ1n) is 8.97. The Bertz CT molecular complexity index is 926. The highest BCUT2D eigenvalue weighted by atomic mass is 32.2. The fourth-order valence-corrected chi connectivity index (χ4v) is 4.48. The summed E-state index contributed by atoms with van der Waals surface area (Å²) in [5.74, 6) is 0.443. The van der Waals surface area contributed by atoms with E-state index in [1.807, 2.05) is 30.0 Å². The first-order valence-corrected chi connectivity index (χ1v) is 10.4. The number of piperazine rings is 1. The van der Waals surface area contributed by atoms with Crippen LogP contribution in [-0.4, -0.2) is 68.3 Å². The third-order valence-electron chi connectivity index (χ3n) is 4.60. The molecule has 1 aromatic carbocycles. The topological polar surface area (TPSA) is 91.8 Å². The van der Waals surface area contributed by atoms with Crippen molar-refractivity contribution >= 4 is 21.6 Å². The lowest BCUT2D eigenvalue weighted by Crippen LogP contribution is -2.50. The van der Waals surface area contributed by atoms with Crippen LogP contribution in [0.2, 0.25) is 0 Å². The van der Waals surface area contributed by atoms with Gasteiger partial charge in [-0.05, 0) is 36.8 Å². The molecule has 0 radical (unpaired) electrons. The number of hydrogen-bond acceptors (Lipinski definition) is 6. The number of sulfonamides is 1. The molecule has 28 heavy (non-hydrogen) atoms. The summed E-state index contributed by atoms with van der Waals surface area (Å²) in [6.07, 6.45) is 2.89. The molecule has 1 fully saturated rings. The van der Waals surface area contributed by atoms with E-state index in [9.17, 15) is 13.2 Å². The van der Waals surface area contributed by atoms with Crippen LogP contribution < -0.4 is 10.1 Å². The number of carbonyl (C=O) groups excluding carboxylic acids is 1. The second-order valence-corrected chi connectivity index (χ2v) is 8.56. The van der Waals surface area contributed by atoms with Crippen LogP contribution in [-0.2, 0) is 14.8 Å². The number of hydrogen-bond donors (Lipinski definition) is 1. The van der Waals surface area contributed by atoms with Crippen LogP contribution in [0.25, 0.3) is 0 Å². The van der Waals surface area contributed by atoms with E-state index in [4.69, 9.17) is 4.74 Å². The maximum atomic E-state index is 12.6. The zero-order valence-corrected chi connectivity index (χ0v) is 16.8. The number of ether oxygens (including phenoxy) is 1. The van der Waals surface area contributed by atoms with Gasteiger partial charge in [0.25, 0.3) is 0 Å². The third kappa shape index (κ3) is 4.67. The maximum absolute atomic E-state index is 12.6. The molecule has 0 aliphatic carbocycles. The summed E-state index contributed by atoms with van der Waals surface area (Å²) < 4.78 is 32.0. The molecule has 2 heterocycles. The summed E-state index contributed by atoms with van der Waals surface area (Å²) in [6.45, 7) is 3.77. The number of amides is 1. The molecule has 0 spiro atoms. The number of nitrogens with zero attached hydrogens (tertiary/aromatic N) is 3. The van der Waals surface area contributed by atoms with Gasteiger partial charge in [0.05, 0.1) is 19.3 Å². The molecular formula is C19H24N4O4S. The highest BCUT2D eigenvalue weighted by Gasteiger charge is 2.29. The number of aryl methyl sites for hydroxylation is 1. The monoisotopic (exact) mass is 404 g/mol. The molecule has 1 aliphatic heterocycles. The average Bonchev–Trinajstić information content (AvgIpc) is 2.69. The molecule has 3 rings (SSSR count). The minimum absolute atomic E-state index is 0.160. The molecule has 0 unspecified atom stereocenters. The van der Waals surface area contributed by atoms with Crippen molar-refractivity contribution < 1.29 is 17.9 Å². The van der Waals surface area contributed by atoms with Crippen molar-refractivity contribution in [2.75, 3.05) is 45.2 Å². The Morgan fingerprint density at radius 2 is 1.96 bits per heavy atom. The molecule has 1 aromatic heterocycles. The van der Waals surface area contributed by atoms with E-state index >= 15 is 0 Å². The standard InChI is InChI=1S/C19H24N4O4S/c1-15-5-6-18(27-2)17(12-15)21-19(24)14-22-8-10-23(11-9-22)28(25,26)16-4-3-7-20-13-16/h3-7,12-13H,8-11,14H2,1-2H3,(H,21,24). The zero-order valence-electron chi connectivity index (χ0n) is 16.0. The van der Waals surface area contributed by atoms with Gasteiger partial charge >= 0.3 is 0 Å². The molecule has 0 atom stereocenters. The van der Waals surface area contributed by atoms with Crippen molar-refractivity contribution in [2.45, 2.75) is 11.8 Å². The van der Waals surface area contributed by atoms with Gasteiger partial charge in [-0.2, -0.15) is 4.31 Å². The van der Waals surface area contributed by atoms with Gasteiger partial charge in [0.2, 0.25) is 15.9 Å². The fraction of sp³-hybridized carbons (Fsp3) is 0.368. The predicted octanol–water partition coefficient (Wildman–Crippen LogP) is 1.34. The molecule has 2 aromatic rings. The summed E-state index contributed by atoms with van der Waals surface area (Å²) in [4.78, 5) is 18.4. The van der Waals surface area contributed by atoms with Crippen molar-refractivity contribution in [1.82, 2.24) is 14.2 Å². The molecule has 9 heteroatoms. The Kier molecular flexibility index (Phi) is 6.28. The number of carbonyl (C=O) groups is 1. The minimum Gasteiger partial charge on any atom is -0.495 e. The van der Waals surface area contributed by atoms with Gasteiger partial charge < -0.3 is 10.1 Å². The van der Waals surface area contributed by atoms with Crippen molar-refractivity contribution in [1.29, 1.82) is 0 Å². The largest absolute Gasteiger partial charge is 0.495 e. The molecule has 1 saturated heterocycles. The van der Waals surface area contributed by atoms with Gasteiger partial charge in [-0.1, -0.05) is 6.07 Å². The summed E-state index contributed by atoms with van der Waals surface area (Å²) in [6, 6.07) is 8.73. The number of aromatic nitrogens is 1. The van der Waals surface area contributed by atoms with E-state index < -0.39 is 10.0 Å². The van der Waals surface area contributed by atoms with E-state index in [0.717, 1.165) is 5.56 Å². The van der Waals surface area contributed by atoms with Gasteiger partial charge in [-0.3, -0.25) is 14.7 Å². The highest BCUT2D eigenvalue weighted by Crippen LogP contribution is 2.25. The van der Waals surface area contributed by atoms with E-state index in [2.05, 4.69) is 10.3 Å². The SMILES string of the molecule is COc1ccc(C)cc1NC(=O)CN1CCN(S(=O)(=O)c2cccnc2)CC1. The lowest BCUT2D eigenvalue weighted by Gasteiger charge is -2.33. The Morgan fingerprint density at radius 3 is 2.61 bits per heavy atom. The summed E-state index contributed by atoms with van der Waals surface area (Å²) in [5, 5.41) is 2.87. The Morgan fingerprint density at radius 1 is 1.21 bits per heavy atom. The molecule has 1 amide bonds. The van der Waals surface area contributed by atoms with Gasteiger partial charge in [0.15, 0.2) is 0 Å². The van der Waals surface area contributed by atoms with Crippen molar-refractivity contribution in [3.8, 4) is 5.75 Å². The average molecular weight is 404 g/mol. The van der Waals surface area contributed by atoms with Gasteiger partial charge in [-0.25, -0.2) is 8.42 Å². The number of nitrogens with one attached hydrogen (secondary N) is 1. The number of benzene rings is 1. The Labute approximate surface area is 165 Å². The van der Waals surface area contributed by atoms with Gasteiger partial charge in [-0.15, -0.1) is 0 Å². The molecule has 1 aliphatic rings. The van der Waals surface area contributed by atoms with Crippen LogP contribution in [0.3, 0.4) is 0 Å². The third-order valence-corrected chi connectivity index (χ3v) is 6.48. The van der Waals surface area contributed by atoms with Gasteiger partial charge in [0, 0.05) is 38.6 Å². The lowest BCUT2D eigenvalue weighted by atomic mass is 10.2. The van der Waals surface area contributed by atoms with E-state index in [1.165, 1.54) is 16.6 Å². The summed E-state index contributed by atoms with van der Waals surface area (Å²) >= 11 is 0. The molecule has 0 bridgehead atoms. The smallest absolute Gasteiger partial charge is 0.244 e. The highest BCUT2D eigenvalue weighted by molar-refractivity contribution is 7.89. The first-order chi connectivity index (χ1) is 13.4. The van der Waals surface area contributed by atoms with Crippen LogP contribution in [0, 0.1) is 6.92 Å². The first kappa shape index (κ1) is 20.2. The number of anilines is 1. The lowest BCUT2D eigenvalue weighted by molar-refractivity contribution is -0.117. The van der Waals surface area contributed by atoms with Crippen molar-refractivity contribution in [3.63, 3.8) is 0 Å². The normalized spacial score (nSPS) is 15.9. The Hall–Kier alpha value is -2.49. The Balaban J connectivity index is 1.56.